The number of benzene rings is 2. The zero-order chi connectivity index (χ0) is 15.2. The molecule has 2 rings (SSSR count). The maximum absolute atomic E-state index is 12.2. The van der Waals surface area contributed by atoms with Crippen molar-refractivity contribution in [1.82, 2.24) is 0 Å². The van der Waals surface area contributed by atoms with E-state index in [2.05, 4.69) is 5.32 Å². The average molecular weight is 304 g/mol. The van der Waals surface area contributed by atoms with Crippen molar-refractivity contribution >= 4 is 29.0 Å². The average Bonchev–Trinajstić information content (AvgIpc) is 2.47. The van der Waals surface area contributed by atoms with Crippen molar-refractivity contribution in [3.8, 4) is 0 Å². The van der Waals surface area contributed by atoms with E-state index in [1.807, 2.05) is 6.07 Å². The molecule has 0 saturated carbocycles. The second kappa shape index (κ2) is 6.90. The summed E-state index contributed by atoms with van der Waals surface area (Å²) in [5.74, 6) is -1.65. The van der Waals surface area contributed by atoms with Crippen LogP contribution in [0.25, 0.3) is 0 Å². The molecule has 0 fully saturated rings. The summed E-state index contributed by atoms with van der Waals surface area (Å²) >= 11 is 5.97. The fourth-order valence-electron chi connectivity index (χ4n) is 1.91. The summed E-state index contributed by atoms with van der Waals surface area (Å²) in [4.78, 5) is 23.5. The van der Waals surface area contributed by atoms with Gasteiger partial charge in [0.05, 0.1) is 10.7 Å². The Morgan fingerprint density at radius 2 is 1.67 bits per heavy atom. The van der Waals surface area contributed by atoms with Crippen molar-refractivity contribution in [2.45, 2.75) is 12.5 Å². The molecule has 21 heavy (non-hydrogen) atoms. The normalized spacial score (nSPS) is 11.7. The summed E-state index contributed by atoms with van der Waals surface area (Å²) in [6.07, 6.45) is 0.0509. The minimum atomic E-state index is -1.33. The Bertz CT molecular complexity index is 643. The number of rotatable bonds is 6. The van der Waals surface area contributed by atoms with Crippen molar-refractivity contribution in [3.05, 3.63) is 65.2 Å². The Morgan fingerprint density at radius 1 is 1.05 bits per heavy atom. The first-order chi connectivity index (χ1) is 10.1. The number of Topliss-reactive ketones (excluding diaryl/α,β-unsaturated/α-hetero) is 1. The van der Waals surface area contributed by atoms with E-state index in [0.717, 1.165) is 5.56 Å². The van der Waals surface area contributed by atoms with Crippen LogP contribution in [0.5, 0.6) is 0 Å². The van der Waals surface area contributed by atoms with Gasteiger partial charge in [0, 0.05) is 6.42 Å². The number of carbonyl (C=O) groups excluding carboxylic acids is 1. The Labute approximate surface area is 127 Å². The van der Waals surface area contributed by atoms with Gasteiger partial charge in [-0.1, -0.05) is 54.1 Å². The van der Waals surface area contributed by atoms with E-state index < -0.39 is 17.8 Å². The van der Waals surface area contributed by atoms with Gasteiger partial charge in [0.1, 0.15) is 0 Å². The molecule has 0 radical (unpaired) electrons. The van der Waals surface area contributed by atoms with Crippen LogP contribution < -0.4 is 5.32 Å². The van der Waals surface area contributed by atoms with E-state index in [0.29, 0.717) is 10.7 Å². The van der Waals surface area contributed by atoms with Crippen molar-refractivity contribution in [3.63, 3.8) is 0 Å². The van der Waals surface area contributed by atoms with E-state index in [-0.39, 0.29) is 6.42 Å². The third-order valence-electron chi connectivity index (χ3n) is 2.96. The quantitative estimate of drug-likeness (QED) is 0.805. The zero-order valence-corrected chi connectivity index (χ0v) is 11.9. The van der Waals surface area contributed by atoms with E-state index in [9.17, 15) is 14.7 Å². The molecule has 0 aliphatic carbocycles. The first kappa shape index (κ1) is 15.1. The van der Waals surface area contributed by atoms with Crippen LogP contribution in [-0.4, -0.2) is 22.9 Å². The van der Waals surface area contributed by atoms with Gasteiger partial charge in [-0.2, -0.15) is 0 Å². The minimum absolute atomic E-state index is 0.0509. The highest BCUT2D eigenvalue weighted by Gasteiger charge is 2.26. The van der Waals surface area contributed by atoms with Gasteiger partial charge in [0.2, 0.25) is 0 Å². The fourth-order valence-corrected chi connectivity index (χ4v) is 2.10. The largest absolute Gasteiger partial charge is 0.479 e. The molecule has 0 heterocycles. The van der Waals surface area contributed by atoms with Gasteiger partial charge in [-0.15, -0.1) is 0 Å². The van der Waals surface area contributed by atoms with Crippen LogP contribution in [0, 0.1) is 0 Å². The number of carbonyl (C=O) groups is 2. The van der Waals surface area contributed by atoms with Gasteiger partial charge < -0.3 is 10.4 Å². The van der Waals surface area contributed by atoms with Gasteiger partial charge in [0.15, 0.2) is 11.8 Å². The van der Waals surface area contributed by atoms with Crippen LogP contribution in [0.3, 0.4) is 0 Å². The number of anilines is 1. The van der Waals surface area contributed by atoms with Crippen LogP contribution in [0.4, 0.5) is 5.69 Å². The van der Waals surface area contributed by atoms with Crippen LogP contribution in [0.15, 0.2) is 54.6 Å². The van der Waals surface area contributed by atoms with Gasteiger partial charge in [-0.05, 0) is 17.7 Å². The highest BCUT2D eigenvalue weighted by Crippen LogP contribution is 2.21. The molecule has 0 aromatic heterocycles. The molecule has 2 aromatic rings. The van der Waals surface area contributed by atoms with Gasteiger partial charge in [-0.25, -0.2) is 4.79 Å². The topological polar surface area (TPSA) is 66.4 Å². The summed E-state index contributed by atoms with van der Waals surface area (Å²) in [5.41, 5.74) is 1.20. The molecule has 2 aromatic carbocycles. The summed E-state index contributed by atoms with van der Waals surface area (Å²) in [7, 11) is 0. The molecule has 1 unspecified atom stereocenters. The molecular weight excluding hydrogens is 290 g/mol. The predicted molar refractivity (Wildman–Crippen MR) is 81.7 cm³/mol. The Kier molecular flexibility index (Phi) is 4.95. The lowest BCUT2D eigenvalue weighted by atomic mass is 10.0. The maximum Gasteiger partial charge on any atom is 0.333 e. The number of para-hydroxylation sites is 1. The number of carboxylic acid groups (broad SMARTS) is 1. The highest BCUT2D eigenvalue weighted by atomic mass is 35.5. The molecule has 0 bridgehead atoms. The number of hydrogen-bond donors (Lipinski definition) is 2. The number of halogens is 1. The monoisotopic (exact) mass is 303 g/mol. The van der Waals surface area contributed by atoms with Crippen molar-refractivity contribution in [2.24, 2.45) is 0 Å². The Hall–Kier alpha value is -2.33. The summed E-state index contributed by atoms with van der Waals surface area (Å²) < 4.78 is 0. The Balaban J connectivity index is 2.14. The van der Waals surface area contributed by atoms with Gasteiger partial charge in [0.25, 0.3) is 0 Å². The van der Waals surface area contributed by atoms with E-state index in [1.54, 1.807) is 48.5 Å². The van der Waals surface area contributed by atoms with E-state index in [1.165, 1.54) is 0 Å². The molecule has 108 valence electrons. The lowest BCUT2D eigenvalue weighted by molar-refractivity contribution is -0.141. The van der Waals surface area contributed by atoms with E-state index >= 15 is 0 Å². The minimum Gasteiger partial charge on any atom is -0.479 e. The van der Waals surface area contributed by atoms with Gasteiger partial charge in [-0.3, -0.25) is 4.79 Å². The predicted octanol–water partition coefficient (Wildman–Crippen LogP) is 3.02. The maximum atomic E-state index is 12.2. The molecule has 4 nitrogen and oxygen atoms in total. The van der Waals surface area contributed by atoms with Crippen molar-refractivity contribution in [2.75, 3.05) is 5.32 Å². The molecular formula is C16H14ClNO3. The smallest absolute Gasteiger partial charge is 0.333 e. The van der Waals surface area contributed by atoms with Crippen LogP contribution in [-0.2, 0) is 16.0 Å². The molecule has 0 amide bonds. The standard InChI is InChI=1S/C16H14ClNO3/c17-12-8-4-5-9-13(12)18-15(16(20)21)14(19)10-11-6-2-1-3-7-11/h1-9,15,18H,10H2,(H,20,21). The van der Waals surface area contributed by atoms with Gasteiger partial charge >= 0.3 is 5.97 Å². The van der Waals surface area contributed by atoms with Crippen LogP contribution in [0.1, 0.15) is 5.56 Å². The third-order valence-corrected chi connectivity index (χ3v) is 3.29. The second-order valence-corrected chi connectivity index (χ2v) is 4.93. The molecule has 1 atom stereocenters. The number of aliphatic carboxylic acids is 1. The molecule has 0 aliphatic rings. The number of carboxylic acids is 1. The van der Waals surface area contributed by atoms with Crippen molar-refractivity contribution in [1.29, 1.82) is 0 Å². The number of ketones is 1. The number of nitrogens with one attached hydrogen (secondary N) is 1. The third kappa shape index (κ3) is 4.07. The fraction of sp³-hybridized carbons (Fsp3) is 0.125. The van der Waals surface area contributed by atoms with Crippen LogP contribution >= 0.6 is 11.6 Å². The van der Waals surface area contributed by atoms with E-state index in [4.69, 9.17) is 11.6 Å². The Morgan fingerprint density at radius 3 is 2.29 bits per heavy atom. The first-order valence-corrected chi connectivity index (χ1v) is 6.76. The van der Waals surface area contributed by atoms with Crippen LogP contribution in [0.2, 0.25) is 5.02 Å². The molecule has 0 saturated heterocycles. The lowest BCUT2D eigenvalue weighted by Crippen LogP contribution is -2.38. The first-order valence-electron chi connectivity index (χ1n) is 6.38. The number of hydrogen-bond acceptors (Lipinski definition) is 3. The molecule has 0 aliphatic heterocycles. The summed E-state index contributed by atoms with van der Waals surface area (Å²) in [6.45, 7) is 0. The zero-order valence-electron chi connectivity index (χ0n) is 11.1. The SMILES string of the molecule is O=C(O)C(Nc1ccccc1Cl)C(=O)Cc1ccccc1. The molecule has 0 spiro atoms. The van der Waals surface area contributed by atoms with Crippen molar-refractivity contribution < 1.29 is 14.7 Å². The second-order valence-electron chi connectivity index (χ2n) is 4.52. The summed E-state index contributed by atoms with van der Waals surface area (Å²) in [6, 6.07) is 14.4. The lowest BCUT2D eigenvalue weighted by Gasteiger charge is -2.15. The summed E-state index contributed by atoms with van der Waals surface area (Å²) in [5, 5.41) is 12.3. The molecule has 2 N–H and O–H groups in total. The molecule has 5 heteroatoms. The highest BCUT2D eigenvalue weighted by molar-refractivity contribution is 6.33.